The summed E-state index contributed by atoms with van der Waals surface area (Å²) in [6.07, 6.45) is 0.840. The van der Waals surface area contributed by atoms with Gasteiger partial charge < -0.3 is 19.7 Å². The molecule has 0 bridgehead atoms. The Bertz CT molecular complexity index is 1810. The van der Waals surface area contributed by atoms with Gasteiger partial charge in [-0.05, 0) is 60.0 Å². The molecule has 0 unspecified atom stereocenters. The van der Waals surface area contributed by atoms with E-state index >= 15 is 0 Å². The molecule has 12 heteroatoms. The van der Waals surface area contributed by atoms with Crippen molar-refractivity contribution in [1.29, 1.82) is 0 Å². The van der Waals surface area contributed by atoms with E-state index in [4.69, 9.17) is 21.1 Å². The Morgan fingerprint density at radius 2 is 1.60 bits per heavy atom. The van der Waals surface area contributed by atoms with Gasteiger partial charge in [-0.1, -0.05) is 67.1 Å². The summed E-state index contributed by atoms with van der Waals surface area (Å²) in [5.41, 5.74) is 1.44. The number of carbonyl (C=O) groups excluding carboxylic acids is 2. The molecule has 2 amide bonds. The Labute approximate surface area is 278 Å². The number of nitrogens with one attached hydrogen (secondary N) is 1. The number of hydrogen-bond donors (Lipinski definition) is 1. The molecular formula is C35H35ClFN3O6S. The molecule has 0 aromatic heterocycles. The number of sulfonamides is 1. The minimum Gasteiger partial charge on any atom is -0.486 e. The SMILES string of the molecule is CCCNC(=O)[C@@H](Cc1ccccc1)N(Cc1ccccc1Cl)C(=O)CN(c1ccc(F)cc1)S(=O)(=O)c1ccc2c(c1)OCCO2. The molecule has 1 heterocycles. The van der Waals surface area contributed by atoms with E-state index in [0.717, 1.165) is 22.0 Å². The van der Waals surface area contributed by atoms with Gasteiger partial charge in [0.25, 0.3) is 10.0 Å². The van der Waals surface area contributed by atoms with Gasteiger partial charge in [-0.3, -0.25) is 13.9 Å². The van der Waals surface area contributed by atoms with E-state index in [1.807, 2.05) is 37.3 Å². The quantitative estimate of drug-likeness (QED) is 0.197. The van der Waals surface area contributed by atoms with Gasteiger partial charge >= 0.3 is 0 Å². The summed E-state index contributed by atoms with van der Waals surface area (Å²) in [7, 11) is -4.43. The molecule has 0 radical (unpaired) electrons. The van der Waals surface area contributed by atoms with Crippen LogP contribution in [0, 0.1) is 5.82 Å². The van der Waals surface area contributed by atoms with Gasteiger partial charge in [0.15, 0.2) is 11.5 Å². The molecule has 4 aromatic carbocycles. The summed E-state index contributed by atoms with van der Waals surface area (Å²) in [6.45, 7) is 2.11. The van der Waals surface area contributed by atoms with Crippen molar-refractivity contribution in [1.82, 2.24) is 10.2 Å². The molecule has 1 aliphatic rings. The van der Waals surface area contributed by atoms with Gasteiger partial charge in [0.2, 0.25) is 11.8 Å². The highest BCUT2D eigenvalue weighted by atomic mass is 35.5. The van der Waals surface area contributed by atoms with Crippen molar-refractivity contribution in [3.8, 4) is 11.5 Å². The number of anilines is 1. The van der Waals surface area contributed by atoms with E-state index in [1.54, 1.807) is 24.3 Å². The molecule has 4 aromatic rings. The summed E-state index contributed by atoms with van der Waals surface area (Å²) >= 11 is 6.53. The Morgan fingerprint density at radius 3 is 2.30 bits per heavy atom. The van der Waals surface area contributed by atoms with Crippen LogP contribution in [0.15, 0.2) is 102 Å². The van der Waals surface area contributed by atoms with Crippen LogP contribution in [0.25, 0.3) is 0 Å². The van der Waals surface area contributed by atoms with Crippen molar-refractivity contribution < 1.29 is 31.9 Å². The van der Waals surface area contributed by atoms with Crippen molar-refractivity contribution in [2.45, 2.75) is 37.2 Å². The largest absolute Gasteiger partial charge is 0.486 e. The summed E-state index contributed by atoms with van der Waals surface area (Å²) in [5.74, 6) is -0.986. The average Bonchev–Trinajstić information content (AvgIpc) is 3.09. The number of ether oxygens (including phenoxy) is 2. The van der Waals surface area contributed by atoms with Crippen molar-refractivity contribution in [2.75, 3.05) is 30.6 Å². The van der Waals surface area contributed by atoms with Gasteiger partial charge in [-0.25, -0.2) is 12.8 Å². The van der Waals surface area contributed by atoms with Crippen molar-refractivity contribution in [2.24, 2.45) is 0 Å². The first-order chi connectivity index (χ1) is 22.7. The number of fused-ring (bicyclic) bond motifs is 1. The van der Waals surface area contributed by atoms with Gasteiger partial charge in [-0.2, -0.15) is 0 Å². The zero-order chi connectivity index (χ0) is 33.4. The van der Waals surface area contributed by atoms with E-state index in [-0.39, 0.29) is 41.8 Å². The maximum atomic E-state index is 14.5. The molecule has 9 nitrogen and oxygen atoms in total. The molecule has 1 atom stereocenters. The lowest BCUT2D eigenvalue weighted by Crippen LogP contribution is -2.53. The maximum absolute atomic E-state index is 14.5. The molecule has 0 saturated heterocycles. The lowest BCUT2D eigenvalue weighted by Gasteiger charge is -2.34. The van der Waals surface area contributed by atoms with E-state index in [2.05, 4.69) is 5.32 Å². The van der Waals surface area contributed by atoms with Crippen molar-refractivity contribution >= 4 is 39.1 Å². The third kappa shape index (κ3) is 8.22. The van der Waals surface area contributed by atoms with Crippen LogP contribution in [0.5, 0.6) is 11.5 Å². The topological polar surface area (TPSA) is 105 Å². The lowest BCUT2D eigenvalue weighted by atomic mass is 10.0. The third-order valence-corrected chi connectivity index (χ3v) is 9.75. The van der Waals surface area contributed by atoms with Crippen LogP contribution < -0.4 is 19.1 Å². The van der Waals surface area contributed by atoms with E-state index in [0.29, 0.717) is 35.9 Å². The van der Waals surface area contributed by atoms with Crippen LogP contribution in [0.1, 0.15) is 24.5 Å². The van der Waals surface area contributed by atoms with E-state index in [9.17, 15) is 22.4 Å². The Morgan fingerprint density at radius 1 is 0.915 bits per heavy atom. The first-order valence-electron chi connectivity index (χ1n) is 15.2. The van der Waals surface area contributed by atoms with Gasteiger partial charge in [0, 0.05) is 30.6 Å². The standard InChI is InChI=1S/C35H35ClFN3O6S/c1-2-18-38-35(42)31(21-25-8-4-3-5-9-25)39(23-26-10-6-7-11-30(26)36)34(41)24-40(28-14-12-27(37)13-15-28)47(43,44)29-16-17-32-33(22-29)46-20-19-45-32/h3-17,22,31H,2,18-21,23-24H2,1H3,(H,38,42)/t31-/m1/s1. The molecule has 246 valence electrons. The van der Waals surface area contributed by atoms with Crippen molar-refractivity contribution in [3.63, 3.8) is 0 Å². The van der Waals surface area contributed by atoms with Gasteiger partial charge in [-0.15, -0.1) is 0 Å². The first kappa shape index (κ1) is 33.7. The second-order valence-corrected chi connectivity index (χ2v) is 13.2. The van der Waals surface area contributed by atoms with Crippen LogP contribution in [-0.4, -0.2) is 57.5 Å². The molecule has 0 aliphatic carbocycles. The fourth-order valence-electron chi connectivity index (χ4n) is 5.18. The number of halogens is 2. The minimum atomic E-state index is -4.43. The monoisotopic (exact) mass is 679 g/mol. The van der Waals surface area contributed by atoms with Gasteiger partial charge in [0.05, 0.1) is 10.6 Å². The minimum absolute atomic E-state index is 0.0578. The van der Waals surface area contributed by atoms with Crippen LogP contribution in [0.4, 0.5) is 10.1 Å². The number of nitrogens with zero attached hydrogens (tertiary/aromatic N) is 2. The maximum Gasteiger partial charge on any atom is 0.264 e. The zero-order valence-electron chi connectivity index (χ0n) is 25.8. The van der Waals surface area contributed by atoms with Gasteiger partial charge in [0.1, 0.15) is 31.6 Å². The Balaban J connectivity index is 1.57. The fourth-order valence-corrected chi connectivity index (χ4v) is 6.80. The summed E-state index contributed by atoms with van der Waals surface area (Å²) in [4.78, 5) is 29.4. The summed E-state index contributed by atoms with van der Waals surface area (Å²) in [6, 6.07) is 24.2. The van der Waals surface area contributed by atoms with Crippen LogP contribution in [-0.2, 0) is 32.6 Å². The first-order valence-corrected chi connectivity index (χ1v) is 17.0. The molecular weight excluding hydrogens is 645 g/mol. The number of benzene rings is 4. The summed E-state index contributed by atoms with van der Waals surface area (Å²) in [5, 5.41) is 3.29. The van der Waals surface area contributed by atoms with Crippen LogP contribution in [0.3, 0.4) is 0 Å². The number of hydrogen-bond acceptors (Lipinski definition) is 6. The highest BCUT2D eigenvalue weighted by Crippen LogP contribution is 2.34. The second kappa shape index (κ2) is 15.3. The zero-order valence-corrected chi connectivity index (χ0v) is 27.3. The van der Waals surface area contributed by atoms with Crippen LogP contribution >= 0.6 is 11.6 Å². The normalized spacial score (nSPS) is 13.0. The molecule has 47 heavy (non-hydrogen) atoms. The highest BCUT2D eigenvalue weighted by Gasteiger charge is 2.35. The highest BCUT2D eigenvalue weighted by molar-refractivity contribution is 7.92. The number of carbonyl (C=O) groups is 2. The number of rotatable bonds is 13. The average molecular weight is 680 g/mol. The smallest absolute Gasteiger partial charge is 0.264 e. The molecule has 0 fully saturated rings. The Kier molecular flexibility index (Phi) is 11.0. The second-order valence-electron chi connectivity index (χ2n) is 10.9. The Hall–Kier alpha value is -4.61. The van der Waals surface area contributed by atoms with Crippen LogP contribution in [0.2, 0.25) is 5.02 Å². The van der Waals surface area contributed by atoms with E-state index in [1.165, 1.54) is 35.2 Å². The third-order valence-electron chi connectivity index (χ3n) is 7.61. The lowest BCUT2D eigenvalue weighted by molar-refractivity contribution is -0.140. The molecule has 1 N–H and O–H groups in total. The predicted molar refractivity (Wildman–Crippen MR) is 178 cm³/mol. The van der Waals surface area contributed by atoms with E-state index < -0.39 is 34.3 Å². The molecule has 0 spiro atoms. The molecule has 1 aliphatic heterocycles. The molecule has 5 rings (SSSR count). The summed E-state index contributed by atoms with van der Waals surface area (Å²) < 4.78 is 54.6. The van der Waals surface area contributed by atoms with Crippen molar-refractivity contribution in [3.05, 3.63) is 119 Å². The predicted octanol–water partition coefficient (Wildman–Crippen LogP) is 5.61. The number of amides is 2. The molecule has 0 saturated carbocycles. The fraction of sp³-hybridized carbons (Fsp3) is 0.257.